The van der Waals surface area contributed by atoms with E-state index in [1.165, 1.54) is 0 Å². The van der Waals surface area contributed by atoms with Crippen molar-refractivity contribution in [1.29, 1.82) is 0 Å². The molecule has 0 atom stereocenters. The molecule has 112 valence electrons. The molecule has 0 radical (unpaired) electrons. The lowest BCUT2D eigenvalue weighted by atomic mass is 10.1. The van der Waals surface area contributed by atoms with Crippen LogP contribution in [-0.4, -0.2) is 11.7 Å². The molecule has 0 spiro atoms. The van der Waals surface area contributed by atoms with Crippen molar-refractivity contribution in [2.45, 2.75) is 20.1 Å². The van der Waals surface area contributed by atoms with Crippen LogP contribution in [0.15, 0.2) is 40.9 Å². The third-order valence-corrected chi connectivity index (χ3v) is 4.23. The van der Waals surface area contributed by atoms with Gasteiger partial charge in [-0.15, -0.1) is 0 Å². The van der Waals surface area contributed by atoms with Gasteiger partial charge in [-0.25, -0.2) is 0 Å². The molecule has 0 saturated heterocycles. The predicted octanol–water partition coefficient (Wildman–Crippen LogP) is 4.61. The van der Waals surface area contributed by atoms with E-state index >= 15 is 0 Å². The van der Waals surface area contributed by atoms with E-state index in [0.29, 0.717) is 18.2 Å². The lowest BCUT2D eigenvalue weighted by molar-refractivity contribution is 0.267. The molecule has 5 heteroatoms. The second kappa shape index (κ2) is 7.69. The zero-order valence-corrected chi connectivity index (χ0v) is 14.0. The van der Waals surface area contributed by atoms with Gasteiger partial charge in [0.15, 0.2) is 0 Å². The molecular weight excluding hydrogens is 354 g/mol. The number of hydrogen-bond donors (Lipinski definition) is 2. The Labute approximate surface area is 138 Å². The van der Waals surface area contributed by atoms with Crippen molar-refractivity contribution in [3.63, 3.8) is 0 Å². The largest absolute Gasteiger partial charge is 0.494 e. The van der Waals surface area contributed by atoms with E-state index in [1.54, 1.807) is 0 Å². The first-order chi connectivity index (χ1) is 10.1. The van der Waals surface area contributed by atoms with Crippen LogP contribution in [0.2, 0.25) is 5.02 Å². The van der Waals surface area contributed by atoms with E-state index in [4.69, 9.17) is 16.3 Å². The summed E-state index contributed by atoms with van der Waals surface area (Å²) in [6, 6.07) is 11.5. The number of anilines is 1. The molecule has 0 aliphatic heterocycles. The Morgan fingerprint density at radius 2 is 2.05 bits per heavy atom. The minimum absolute atomic E-state index is 0.0443. The minimum Gasteiger partial charge on any atom is -0.494 e. The van der Waals surface area contributed by atoms with E-state index in [0.717, 1.165) is 27.0 Å². The van der Waals surface area contributed by atoms with Crippen molar-refractivity contribution in [2.75, 3.05) is 11.9 Å². The van der Waals surface area contributed by atoms with Crippen molar-refractivity contribution in [3.05, 3.63) is 57.0 Å². The van der Waals surface area contributed by atoms with Crippen molar-refractivity contribution < 1.29 is 9.84 Å². The number of nitrogens with one attached hydrogen (secondary N) is 1. The number of halogens is 2. The van der Waals surface area contributed by atoms with Crippen LogP contribution in [0.3, 0.4) is 0 Å². The summed E-state index contributed by atoms with van der Waals surface area (Å²) in [6.07, 6.45) is 0. The fourth-order valence-electron chi connectivity index (χ4n) is 1.96. The van der Waals surface area contributed by atoms with E-state index in [9.17, 15) is 5.11 Å². The maximum atomic E-state index is 9.39. The third kappa shape index (κ3) is 4.37. The fourth-order valence-corrected chi connectivity index (χ4v) is 2.51. The Balaban J connectivity index is 2.07. The molecule has 0 aromatic heterocycles. The molecule has 0 unspecified atom stereocenters. The third-order valence-electron chi connectivity index (χ3n) is 3.01. The van der Waals surface area contributed by atoms with Crippen LogP contribution in [0, 0.1) is 0 Å². The number of ether oxygens (including phenoxy) is 1. The van der Waals surface area contributed by atoms with Crippen molar-refractivity contribution in [3.8, 4) is 5.75 Å². The molecule has 0 heterocycles. The summed E-state index contributed by atoms with van der Waals surface area (Å²) in [5, 5.41) is 13.4. The zero-order valence-electron chi connectivity index (χ0n) is 11.7. The summed E-state index contributed by atoms with van der Waals surface area (Å²) in [6.45, 7) is 3.14. The molecule has 0 fully saturated rings. The van der Waals surface area contributed by atoms with Crippen LogP contribution in [0.4, 0.5) is 5.69 Å². The molecule has 0 aliphatic rings. The van der Waals surface area contributed by atoms with Crippen LogP contribution in [-0.2, 0) is 13.2 Å². The van der Waals surface area contributed by atoms with E-state index in [2.05, 4.69) is 21.2 Å². The Hall–Kier alpha value is -1.23. The van der Waals surface area contributed by atoms with Gasteiger partial charge >= 0.3 is 0 Å². The van der Waals surface area contributed by atoms with Crippen LogP contribution in [0.1, 0.15) is 18.1 Å². The number of rotatable bonds is 6. The van der Waals surface area contributed by atoms with Gasteiger partial charge in [0.05, 0.1) is 18.2 Å². The van der Waals surface area contributed by atoms with Crippen molar-refractivity contribution in [1.82, 2.24) is 0 Å². The average molecular weight is 371 g/mol. The maximum Gasteiger partial charge on any atom is 0.124 e. The first-order valence-corrected chi connectivity index (χ1v) is 7.85. The van der Waals surface area contributed by atoms with Gasteiger partial charge in [-0.1, -0.05) is 17.7 Å². The highest BCUT2D eigenvalue weighted by atomic mass is 79.9. The van der Waals surface area contributed by atoms with E-state index in [-0.39, 0.29) is 6.61 Å². The molecule has 0 amide bonds. The standard InChI is InChI=1S/C16H17BrClNO2/c1-2-21-16-6-4-13(8-12(16)10-20)19-9-11-3-5-15(18)14(17)7-11/h3-8,19-20H,2,9-10H2,1H3. The summed E-state index contributed by atoms with van der Waals surface area (Å²) in [5.41, 5.74) is 2.83. The molecule has 0 saturated carbocycles. The smallest absolute Gasteiger partial charge is 0.124 e. The lowest BCUT2D eigenvalue weighted by Gasteiger charge is -2.12. The van der Waals surface area contributed by atoms with Crippen LogP contribution >= 0.6 is 27.5 Å². The van der Waals surface area contributed by atoms with Gasteiger partial charge in [0, 0.05) is 22.3 Å². The highest BCUT2D eigenvalue weighted by Crippen LogP contribution is 2.25. The molecule has 2 rings (SSSR count). The number of benzene rings is 2. The van der Waals surface area contributed by atoms with Crippen molar-refractivity contribution >= 4 is 33.2 Å². The molecule has 2 N–H and O–H groups in total. The Kier molecular flexibility index (Phi) is 5.91. The lowest BCUT2D eigenvalue weighted by Crippen LogP contribution is -2.02. The molecular formula is C16H17BrClNO2. The van der Waals surface area contributed by atoms with Gasteiger partial charge in [-0.05, 0) is 58.7 Å². The summed E-state index contributed by atoms with van der Waals surface area (Å²) < 4.78 is 6.35. The first kappa shape index (κ1) is 16.1. The van der Waals surface area contributed by atoms with E-state index < -0.39 is 0 Å². The second-order valence-corrected chi connectivity index (χ2v) is 5.78. The number of aliphatic hydroxyl groups is 1. The predicted molar refractivity (Wildman–Crippen MR) is 90.0 cm³/mol. The Morgan fingerprint density at radius 3 is 2.71 bits per heavy atom. The van der Waals surface area contributed by atoms with Crippen molar-refractivity contribution in [2.24, 2.45) is 0 Å². The number of aliphatic hydroxyl groups excluding tert-OH is 1. The van der Waals surface area contributed by atoms with E-state index in [1.807, 2.05) is 43.3 Å². The SMILES string of the molecule is CCOc1ccc(NCc2ccc(Cl)c(Br)c2)cc1CO. The zero-order chi connectivity index (χ0) is 15.2. The monoisotopic (exact) mass is 369 g/mol. The van der Waals surface area contributed by atoms with Crippen LogP contribution in [0.25, 0.3) is 0 Å². The van der Waals surface area contributed by atoms with Crippen LogP contribution < -0.4 is 10.1 Å². The Morgan fingerprint density at radius 1 is 1.24 bits per heavy atom. The number of hydrogen-bond acceptors (Lipinski definition) is 3. The van der Waals surface area contributed by atoms with Gasteiger partial charge in [0.2, 0.25) is 0 Å². The molecule has 0 aliphatic carbocycles. The molecule has 21 heavy (non-hydrogen) atoms. The highest BCUT2D eigenvalue weighted by molar-refractivity contribution is 9.10. The van der Waals surface area contributed by atoms with Gasteiger partial charge in [-0.2, -0.15) is 0 Å². The second-order valence-electron chi connectivity index (χ2n) is 4.52. The summed E-state index contributed by atoms with van der Waals surface area (Å²) in [5.74, 6) is 0.722. The molecule has 2 aromatic rings. The molecule has 2 aromatic carbocycles. The van der Waals surface area contributed by atoms with Gasteiger partial charge in [0.1, 0.15) is 5.75 Å². The molecule has 3 nitrogen and oxygen atoms in total. The Bertz CT molecular complexity index is 619. The topological polar surface area (TPSA) is 41.5 Å². The quantitative estimate of drug-likeness (QED) is 0.780. The fraction of sp³-hybridized carbons (Fsp3) is 0.250. The summed E-state index contributed by atoms with van der Waals surface area (Å²) in [7, 11) is 0. The highest BCUT2D eigenvalue weighted by Gasteiger charge is 2.05. The molecule has 0 bridgehead atoms. The maximum absolute atomic E-state index is 9.39. The summed E-state index contributed by atoms with van der Waals surface area (Å²) in [4.78, 5) is 0. The first-order valence-electron chi connectivity index (χ1n) is 6.68. The minimum atomic E-state index is -0.0443. The van der Waals surface area contributed by atoms with Gasteiger partial charge in [0.25, 0.3) is 0 Å². The van der Waals surface area contributed by atoms with Gasteiger partial charge in [-0.3, -0.25) is 0 Å². The summed E-state index contributed by atoms with van der Waals surface area (Å²) >= 11 is 9.39. The van der Waals surface area contributed by atoms with Crippen LogP contribution in [0.5, 0.6) is 5.75 Å². The normalized spacial score (nSPS) is 10.5. The van der Waals surface area contributed by atoms with Gasteiger partial charge < -0.3 is 15.2 Å². The average Bonchev–Trinajstić information content (AvgIpc) is 2.49.